The van der Waals surface area contributed by atoms with E-state index < -0.39 is 0 Å². The van der Waals surface area contributed by atoms with E-state index in [4.69, 9.17) is 0 Å². The molecule has 0 aliphatic rings. The van der Waals surface area contributed by atoms with Gasteiger partial charge in [0.15, 0.2) is 0 Å². The normalized spacial score (nSPS) is 11.1. The predicted octanol–water partition coefficient (Wildman–Crippen LogP) is 4.07. The van der Waals surface area contributed by atoms with Gasteiger partial charge in [-0.1, -0.05) is 15.9 Å². The van der Waals surface area contributed by atoms with E-state index in [0.29, 0.717) is 12.1 Å². The molecule has 0 aliphatic heterocycles. The zero-order valence-corrected chi connectivity index (χ0v) is 10.9. The summed E-state index contributed by atoms with van der Waals surface area (Å²) in [5, 5.41) is 0. The maximum Gasteiger partial charge on any atom is 0.0371 e. The van der Waals surface area contributed by atoms with Gasteiger partial charge >= 0.3 is 0 Å². The Labute approximate surface area is 95.2 Å². The van der Waals surface area contributed by atoms with Crippen LogP contribution in [-0.2, 0) is 0 Å². The van der Waals surface area contributed by atoms with Gasteiger partial charge in [0.05, 0.1) is 0 Å². The molecule has 0 N–H and O–H groups in total. The highest BCUT2D eigenvalue weighted by Gasteiger charge is 2.13. The summed E-state index contributed by atoms with van der Waals surface area (Å²) in [7, 11) is 0. The molecule has 0 atom stereocenters. The van der Waals surface area contributed by atoms with Crippen molar-refractivity contribution in [1.29, 1.82) is 0 Å². The van der Waals surface area contributed by atoms with E-state index in [2.05, 4.69) is 72.8 Å². The zero-order valence-electron chi connectivity index (χ0n) is 9.29. The molecule has 0 aliphatic carbocycles. The Balaban J connectivity index is 2.94. The minimum Gasteiger partial charge on any atom is -0.367 e. The smallest absolute Gasteiger partial charge is 0.0371 e. The van der Waals surface area contributed by atoms with Gasteiger partial charge in [-0.05, 0) is 52.0 Å². The summed E-state index contributed by atoms with van der Waals surface area (Å²) in [6, 6.07) is 9.57. The summed E-state index contributed by atoms with van der Waals surface area (Å²) >= 11 is 3.45. The molecule has 0 unspecified atom stereocenters. The molecule has 0 radical (unpaired) electrons. The molecular formula is C12H18BrN. The monoisotopic (exact) mass is 255 g/mol. The van der Waals surface area contributed by atoms with Crippen LogP contribution in [0.5, 0.6) is 0 Å². The van der Waals surface area contributed by atoms with E-state index >= 15 is 0 Å². The Morgan fingerprint density at radius 3 is 1.71 bits per heavy atom. The SMILES string of the molecule is CC(C)N(c1ccc(Br)cc1)C(C)C. The maximum absolute atomic E-state index is 3.45. The molecule has 0 heterocycles. The summed E-state index contributed by atoms with van der Waals surface area (Å²) < 4.78 is 1.13. The van der Waals surface area contributed by atoms with E-state index in [9.17, 15) is 0 Å². The number of rotatable bonds is 3. The first-order chi connectivity index (χ1) is 6.52. The van der Waals surface area contributed by atoms with Crippen LogP contribution in [0.2, 0.25) is 0 Å². The summed E-state index contributed by atoms with van der Waals surface area (Å²) in [6.45, 7) is 8.90. The minimum absolute atomic E-state index is 0.538. The molecule has 1 aromatic carbocycles. The van der Waals surface area contributed by atoms with Gasteiger partial charge in [0.25, 0.3) is 0 Å². The lowest BCUT2D eigenvalue weighted by molar-refractivity contribution is 0.608. The first-order valence-corrected chi connectivity index (χ1v) is 5.85. The molecule has 0 aromatic heterocycles. The fourth-order valence-corrected chi connectivity index (χ4v) is 2.07. The Morgan fingerprint density at radius 2 is 1.36 bits per heavy atom. The van der Waals surface area contributed by atoms with Crippen LogP contribution in [-0.4, -0.2) is 12.1 Å². The molecule has 0 amide bonds. The van der Waals surface area contributed by atoms with Crippen LogP contribution >= 0.6 is 15.9 Å². The number of benzene rings is 1. The minimum atomic E-state index is 0.538. The Hall–Kier alpha value is -0.500. The fourth-order valence-electron chi connectivity index (χ4n) is 1.81. The standard InChI is InChI=1S/C12H18BrN/c1-9(2)14(10(3)4)12-7-5-11(13)6-8-12/h5-10H,1-4H3. The maximum atomic E-state index is 3.45. The van der Waals surface area contributed by atoms with Crippen LogP contribution in [0.3, 0.4) is 0 Å². The lowest BCUT2D eigenvalue weighted by Gasteiger charge is -2.33. The molecule has 0 fully saturated rings. The lowest BCUT2D eigenvalue weighted by atomic mass is 10.2. The van der Waals surface area contributed by atoms with Gasteiger partial charge in [-0.3, -0.25) is 0 Å². The first-order valence-electron chi connectivity index (χ1n) is 5.06. The molecule has 0 spiro atoms. The first kappa shape index (κ1) is 11.6. The van der Waals surface area contributed by atoms with Crippen molar-refractivity contribution in [2.75, 3.05) is 4.90 Å². The summed E-state index contributed by atoms with van der Waals surface area (Å²) in [5.41, 5.74) is 1.29. The van der Waals surface area contributed by atoms with Crippen LogP contribution in [0.25, 0.3) is 0 Å². The molecular weight excluding hydrogens is 238 g/mol. The third kappa shape index (κ3) is 2.74. The molecule has 2 heteroatoms. The highest BCUT2D eigenvalue weighted by molar-refractivity contribution is 9.10. The van der Waals surface area contributed by atoms with Crippen LogP contribution in [0, 0.1) is 0 Å². The fraction of sp³-hybridized carbons (Fsp3) is 0.500. The van der Waals surface area contributed by atoms with Crippen molar-refractivity contribution < 1.29 is 0 Å². The average Bonchev–Trinajstić information content (AvgIpc) is 2.07. The van der Waals surface area contributed by atoms with Crippen LogP contribution in [0.1, 0.15) is 27.7 Å². The molecule has 0 saturated heterocycles. The highest BCUT2D eigenvalue weighted by Crippen LogP contribution is 2.22. The summed E-state index contributed by atoms with van der Waals surface area (Å²) in [6.07, 6.45) is 0. The van der Waals surface area contributed by atoms with Gasteiger partial charge in [0, 0.05) is 22.2 Å². The Bertz CT molecular complexity index is 269. The van der Waals surface area contributed by atoms with Gasteiger partial charge in [-0.15, -0.1) is 0 Å². The average molecular weight is 256 g/mol. The summed E-state index contributed by atoms with van der Waals surface area (Å²) in [4.78, 5) is 2.41. The molecule has 0 bridgehead atoms. The molecule has 1 aromatic rings. The van der Waals surface area contributed by atoms with Gasteiger partial charge < -0.3 is 4.90 Å². The summed E-state index contributed by atoms with van der Waals surface area (Å²) in [5.74, 6) is 0. The number of halogens is 1. The van der Waals surface area contributed by atoms with E-state index in [1.165, 1.54) is 5.69 Å². The van der Waals surface area contributed by atoms with Crippen LogP contribution in [0.4, 0.5) is 5.69 Å². The Kier molecular flexibility index (Phi) is 3.99. The second-order valence-corrected chi connectivity index (χ2v) is 4.99. The lowest BCUT2D eigenvalue weighted by Crippen LogP contribution is -2.36. The predicted molar refractivity (Wildman–Crippen MR) is 66.9 cm³/mol. The van der Waals surface area contributed by atoms with Gasteiger partial charge in [0.1, 0.15) is 0 Å². The second kappa shape index (κ2) is 4.83. The molecule has 1 rings (SSSR count). The number of anilines is 1. The molecule has 14 heavy (non-hydrogen) atoms. The number of hydrogen-bond acceptors (Lipinski definition) is 1. The number of nitrogens with zero attached hydrogens (tertiary/aromatic N) is 1. The van der Waals surface area contributed by atoms with Gasteiger partial charge in [-0.2, -0.15) is 0 Å². The second-order valence-electron chi connectivity index (χ2n) is 4.07. The van der Waals surface area contributed by atoms with Gasteiger partial charge in [0.2, 0.25) is 0 Å². The largest absolute Gasteiger partial charge is 0.367 e. The third-order valence-electron chi connectivity index (χ3n) is 2.24. The molecule has 1 nitrogen and oxygen atoms in total. The molecule has 0 saturated carbocycles. The van der Waals surface area contributed by atoms with Crippen molar-refractivity contribution >= 4 is 21.6 Å². The van der Waals surface area contributed by atoms with Crippen molar-refractivity contribution in [2.24, 2.45) is 0 Å². The highest BCUT2D eigenvalue weighted by atomic mass is 79.9. The van der Waals surface area contributed by atoms with E-state index in [1.807, 2.05) is 0 Å². The third-order valence-corrected chi connectivity index (χ3v) is 2.77. The van der Waals surface area contributed by atoms with Gasteiger partial charge in [-0.25, -0.2) is 0 Å². The quantitative estimate of drug-likeness (QED) is 0.787. The van der Waals surface area contributed by atoms with Crippen molar-refractivity contribution in [3.8, 4) is 0 Å². The molecule has 78 valence electrons. The van der Waals surface area contributed by atoms with Crippen molar-refractivity contribution in [3.63, 3.8) is 0 Å². The van der Waals surface area contributed by atoms with Crippen LogP contribution in [0.15, 0.2) is 28.7 Å². The Morgan fingerprint density at radius 1 is 0.929 bits per heavy atom. The van der Waals surface area contributed by atoms with Crippen molar-refractivity contribution in [1.82, 2.24) is 0 Å². The zero-order chi connectivity index (χ0) is 10.7. The topological polar surface area (TPSA) is 3.24 Å². The van der Waals surface area contributed by atoms with E-state index in [-0.39, 0.29) is 0 Å². The van der Waals surface area contributed by atoms with E-state index in [0.717, 1.165) is 4.47 Å². The van der Waals surface area contributed by atoms with Crippen molar-refractivity contribution in [3.05, 3.63) is 28.7 Å². The number of hydrogen-bond donors (Lipinski definition) is 0. The van der Waals surface area contributed by atoms with Crippen molar-refractivity contribution in [2.45, 2.75) is 39.8 Å². The van der Waals surface area contributed by atoms with E-state index in [1.54, 1.807) is 0 Å². The van der Waals surface area contributed by atoms with Crippen LogP contribution < -0.4 is 4.90 Å².